The van der Waals surface area contributed by atoms with Gasteiger partial charge in [0.2, 0.25) is 0 Å². The number of ether oxygens (including phenoxy) is 1. The first-order chi connectivity index (χ1) is 14.7. The van der Waals surface area contributed by atoms with Gasteiger partial charge in [-0.05, 0) is 49.1 Å². The van der Waals surface area contributed by atoms with E-state index in [2.05, 4.69) is 4.42 Å². The van der Waals surface area contributed by atoms with Crippen molar-refractivity contribution in [2.45, 2.75) is 38.5 Å². The first-order valence-electron chi connectivity index (χ1n) is 9.47. The van der Waals surface area contributed by atoms with Crippen molar-refractivity contribution in [2.75, 3.05) is 0 Å². The smallest absolute Gasteiger partial charge is 0.455 e. The van der Waals surface area contributed by atoms with Crippen molar-refractivity contribution in [1.29, 1.82) is 0 Å². The first kappa shape index (κ1) is 22.7. The molecule has 0 fully saturated rings. The van der Waals surface area contributed by atoms with E-state index in [0.717, 1.165) is 5.56 Å². The SMILES string of the molecule is Cc1oc(=O)oc1COC(=O)C(O)C[C@H](N)Cc1ccc(-c2cc(Cl)ccc2F)cc1. The standard InChI is InChI=1S/C22H21ClFNO6/c1-12-20(31-22(28)30-12)11-29-21(27)19(26)10-16(25)8-13-2-4-14(5-3-13)17-9-15(23)6-7-18(17)24/h2-7,9,16,19,26H,8,10-11,25H2,1H3/t16-,19?/m1/s1. The molecule has 0 saturated carbocycles. The minimum Gasteiger partial charge on any atom is -0.455 e. The van der Waals surface area contributed by atoms with Crippen LogP contribution >= 0.6 is 11.6 Å². The number of esters is 1. The molecule has 0 spiro atoms. The van der Waals surface area contributed by atoms with E-state index in [9.17, 15) is 19.1 Å². The van der Waals surface area contributed by atoms with Gasteiger partial charge in [0.25, 0.3) is 0 Å². The Morgan fingerprint density at radius 1 is 1.23 bits per heavy atom. The fourth-order valence-corrected chi connectivity index (χ4v) is 3.22. The van der Waals surface area contributed by atoms with Crippen LogP contribution in [0.1, 0.15) is 23.5 Å². The lowest BCUT2D eigenvalue weighted by molar-refractivity contribution is -0.156. The van der Waals surface area contributed by atoms with E-state index in [1.165, 1.54) is 19.1 Å². The molecular weight excluding hydrogens is 429 g/mol. The number of carbonyl (C=O) groups excluding carboxylic acids is 1. The Labute approximate surface area is 182 Å². The molecule has 9 heteroatoms. The topological polar surface area (TPSA) is 116 Å². The van der Waals surface area contributed by atoms with Crippen LogP contribution in [0.2, 0.25) is 5.02 Å². The number of aliphatic hydroxyl groups is 1. The van der Waals surface area contributed by atoms with E-state index >= 15 is 0 Å². The Morgan fingerprint density at radius 2 is 1.94 bits per heavy atom. The summed E-state index contributed by atoms with van der Waals surface area (Å²) < 4.78 is 28.3. The summed E-state index contributed by atoms with van der Waals surface area (Å²) in [6.45, 7) is 1.16. The minimum absolute atomic E-state index is 0.0299. The van der Waals surface area contributed by atoms with Crippen molar-refractivity contribution in [1.82, 2.24) is 0 Å². The van der Waals surface area contributed by atoms with Crippen LogP contribution in [0.3, 0.4) is 0 Å². The van der Waals surface area contributed by atoms with Crippen LogP contribution in [0.25, 0.3) is 11.1 Å². The summed E-state index contributed by atoms with van der Waals surface area (Å²) in [4.78, 5) is 22.9. The third kappa shape index (κ3) is 6.04. The molecule has 0 aliphatic rings. The zero-order chi connectivity index (χ0) is 22.5. The molecule has 0 aliphatic heterocycles. The Bertz CT molecular complexity index is 1110. The van der Waals surface area contributed by atoms with Gasteiger partial charge < -0.3 is 24.4 Å². The molecule has 2 atom stereocenters. The second-order valence-corrected chi connectivity index (χ2v) is 7.51. The largest absolute Gasteiger partial charge is 0.519 e. The van der Waals surface area contributed by atoms with Gasteiger partial charge in [-0.15, -0.1) is 0 Å². The molecule has 0 saturated heterocycles. The minimum atomic E-state index is -1.44. The summed E-state index contributed by atoms with van der Waals surface area (Å²) in [6.07, 6.45) is -1.08. The lowest BCUT2D eigenvalue weighted by atomic mass is 9.98. The highest BCUT2D eigenvalue weighted by Crippen LogP contribution is 2.26. The molecule has 3 aromatic rings. The predicted molar refractivity (Wildman–Crippen MR) is 111 cm³/mol. The molecule has 2 aromatic carbocycles. The van der Waals surface area contributed by atoms with E-state index in [4.69, 9.17) is 26.5 Å². The maximum Gasteiger partial charge on any atom is 0.519 e. The molecule has 3 N–H and O–H groups in total. The molecule has 0 bridgehead atoms. The van der Waals surface area contributed by atoms with E-state index in [1.807, 2.05) is 0 Å². The summed E-state index contributed by atoms with van der Waals surface area (Å²) >= 11 is 5.94. The number of aliphatic hydroxyl groups excluding tert-OH is 1. The van der Waals surface area contributed by atoms with E-state index in [1.54, 1.807) is 30.3 Å². The predicted octanol–water partition coefficient (Wildman–Crippen LogP) is 3.36. The van der Waals surface area contributed by atoms with Crippen molar-refractivity contribution in [3.63, 3.8) is 0 Å². The maximum absolute atomic E-state index is 14.0. The van der Waals surface area contributed by atoms with Gasteiger partial charge in [-0.3, -0.25) is 0 Å². The van der Waals surface area contributed by atoms with Gasteiger partial charge in [0.1, 0.15) is 5.82 Å². The molecule has 1 heterocycles. The molecule has 3 rings (SSSR count). The summed E-state index contributed by atoms with van der Waals surface area (Å²) in [7, 11) is 0. The zero-order valence-electron chi connectivity index (χ0n) is 16.6. The van der Waals surface area contributed by atoms with Gasteiger partial charge in [-0.2, -0.15) is 0 Å². The number of rotatable bonds is 8. The number of hydrogen-bond acceptors (Lipinski definition) is 7. The van der Waals surface area contributed by atoms with Crippen molar-refractivity contribution < 1.29 is 27.9 Å². The second kappa shape index (κ2) is 9.91. The molecule has 164 valence electrons. The number of halogens is 2. The fourth-order valence-electron chi connectivity index (χ4n) is 3.05. The van der Waals surface area contributed by atoms with Gasteiger partial charge >= 0.3 is 11.8 Å². The van der Waals surface area contributed by atoms with Crippen molar-refractivity contribution in [3.8, 4) is 11.1 Å². The summed E-state index contributed by atoms with van der Waals surface area (Å²) in [6, 6.07) is 10.9. The van der Waals surface area contributed by atoms with Crippen LogP contribution in [-0.4, -0.2) is 23.2 Å². The molecule has 7 nitrogen and oxygen atoms in total. The Balaban J connectivity index is 1.53. The summed E-state index contributed by atoms with van der Waals surface area (Å²) in [5.74, 6) is -1.88. The summed E-state index contributed by atoms with van der Waals surface area (Å²) in [5, 5.41) is 10.5. The van der Waals surface area contributed by atoms with Gasteiger partial charge in [0.05, 0.1) is 0 Å². The van der Waals surface area contributed by atoms with E-state index in [0.29, 0.717) is 22.6 Å². The second-order valence-electron chi connectivity index (χ2n) is 7.08. The number of benzene rings is 2. The van der Waals surface area contributed by atoms with Crippen LogP contribution in [0, 0.1) is 12.7 Å². The monoisotopic (exact) mass is 449 g/mol. The number of hydrogen-bond donors (Lipinski definition) is 2. The highest BCUT2D eigenvalue weighted by molar-refractivity contribution is 6.30. The zero-order valence-corrected chi connectivity index (χ0v) is 17.4. The fraction of sp³-hybridized carbons (Fsp3) is 0.273. The number of carbonyl (C=O) groups is 1. The molecular formula is C22H21ClFNO6. The van der Waals surface area contributed by atoms with Crippen molar-refractivity contribution >= 4 is 17.6 Å². The number of aryl methyl sites for hydroxylation is 1. The Morgan fingerprint density at radius 3 is 2.58 bits per heavy atom. The Kier molecular flexibility index (Phi) is 7.27. The average Bonchev–Trinajstić information content (AvgIpc) is 3.05. The molecule has 0 aliphatic carbocycles. The molecule has 31 heavy (non-hydrogen) atoms. The lowest BCUT2D eigenvalue weighted by Gasteiger charge is -2.16. The normalized spacial score (nSPS) is 13.1. The van der Waals surface area contributed by atoms with Crippen LogP contribution in [0.15, 0.2) is 56.1 Å². The first-order valence-corrected chi connectivity index (χ1v) is 9.84. The quantitative estimate of drug-likeness (QED) is 0.506. The highest BCUT2D eigenvalue weighted by Gasteiger charge is 2.22. The maximum atomic E-state index is 14.0. The molecule has 0 radical (unpaired) electrons. The van der Waals surface area contributed by atoms with Gasteiger partial charge in [-0.25, -0.2) is 14.0 Å². The van der Waals surface area contributed by atoms with Crippen LogP contribution in [0.4, 0.5) is 4.39 Å². The third-order valence-electron chi connectivity index (χ3n) is 4.67. The van der Waals surface area contributed by atoms with Crippen LogP contribution < -0.4 is 11.6 Å². The third-order valence-corrected chi connectivity index (χ3v) is 4.91. The van der Waals surface area contributed by atoms with E-state index < -0.39 is 23.9 Å². The average molecular weight is 450 g/mol. The van der Waals surface area contributed by atoms with E-state index in [-0.39, 0.29) is 30.4 Å². The van der Waals surface area contributed by atoms with Gasteiger partial charge in [0, 0.05) is 16.6 Å². The molecule has 1 aromatic heterocycles. The number of nitrogens with two attached hydrogens (primary N) is 1. The van der Waals surface area contributed by atoms with Crippen molar-refractivity contribution in [3.05, 3.63) is 81.0 Å². The van der Waals surface area contributed by atoms with Gasteiger partial charge in [0.15, 0.2) is 24.2 Å². The lowest BCUT2D eigenvalue weighted by Crippen LogP contribution is -2.33. The van der Waals surface area contributed by atoms with Crippen LogP contribution in [0.5, 0.6) is 0 Å². The van der Waals surface area contributed by atoms with Crippen LogP contribution in [-0.2, 0) is 22.6 Å². The Hall–Kier alpha value is -2.94. The summed E-state index contributed by atoms with van der Waals surface area (Å²) in [5.41, 5.74) is 7.97. The van der Waals surface area contributed by atoms with Gasteiger partial charge in [-0.1, -0.05) is 35.9 Å². The highest BCUT2D eigenvalue weighted by atomic mass is 35.5. The molecule has 1 unspecified atom stereocenters. The molecule has 0 amide bonds. The van der Waals surface area contributed by atoms with Crippen molar-refractivity contribution in [2.24, 2.45) is 5.73 Å².